The minimum Gasteiger partial charge on any atom is -0.396 e. The molecule has 0 bridgehead atoms. The summed E-state index contributed by atoms with van der Waals surface area (Å²) in [5.74, 6) is 0. The summed E-state index contributed by atoms with van der Waals surface area (Å²) < 4.78 is 0. The largest absolute Gasteiger partial charge is 0.396 e. The molecule has 0 saturated heterocycles. The first-order valence-corrected chi connectivity index (χ1v) is 5.25. The van der Waals surface area contributed by atoms with Crippen molar-refractivity contribution < 1.29 is 9.90 Å². The first-order valence-electron chi connectivity index (χ1n) is 5.25. The van der Waals surface area contributed by atoms with Gasteiger partial charge in [-0.3, -0.25) is 0 Å². The average Bonchev–Trinajstić information content (AvgIpc) is 2.15. The van der Waals surface area contributed by atoms with Gasteiger partial charge in [-0.15, -0.1) is 0 Å². The van der Waals surface area contributed by atoms with E-state index < -0.39 is 0 Å². The molecule has 0 radical (unpaired) electrons. The van der Waals surface area contributed by atoms with E-state index in [-0.39, 0.29) is 18.2 Å². The number of hydrogen-bond donors (Lipinski definition) is 3. The second-order valence-corrected chi connectivity index (χ2v) is 3.77. The molecule has 0 heterocycles. The van der Waals surface area contributed by atoms with Crippen LogP contribution in [0.3, 0.4) is 0 Å². The van der Waals surface area contributed by atoms with Crippen LogP contribution in [0.15, 0.2) is 0 Å². The van der Waals surface area contributed by atoms with Crippen molar-refractivity contribution in [2.24, 2.45) is 0 Å². The van der Waals surface area contributed by atoms with Crippen molar-refractivity contribution in [3.05, 3.63) is 0 Å². The summed E-state index contributed by atoms with van der Waals surface area (Å²) in [6, 6.07) is -0.148. The molecule has 1 atom stereocenters. The molecule has 0 rings (SSSR count). The van der Waals surface area contributed by atoms with E-state index in [1.807, 2.05) is 20.8 Å². The van der Waals surface area contributed by atoms with Crippen LogP contribution in [0.1, 0.15) is 40.0 Å². The van der Waals surface area contributed by atoms with E-state index >= 15 is 0 Å². The molecule has 0 fully saturated rings. The normalized spacial score (nSPS) is 14.6. The monoisotopic (exact) mass is 202 g/mol. The molecule has 4 heteroatoms. The number of nitrogens with one attached hydrogen (secondary N) is 2. The van der Waals surface area contributed by atoms with E-state index in [0.717, 1.165) is 12.8 Å². The van der Waals surface area contributed by atoms with Crippen LogP contribution in [-0.2, 0) is 0 Å². The van der Waals surface area contributed by atoms with Crippen molar-refractivity contribution in [3.63, 3.8) is 0 Å². The molecule has 14 heavy (non-hydrogen) atoms. The molecule has 0 aliphatic heterocycles. The Labute approximate surface area is 86.1 Å². The van der Waals surface area contributed by atoms with Crippen LogP contribution in [0.25, 0.3) is 0 Å². The second-order valence-electron chi connectivity index (χ2n) is 3.77. The van der Waals surface area contributed by atoms with Crippen LogP contribution >= 0.6 is 0 Å². The van der Waals surface area contributed by atoms with Crippen LogP contribution in [0.2, 0.25) is 0 Å². The van der Waals surface area contributed by atoms with E-state index in [4.69, 9.17) is 5.11 Å². The first-order chi connectivity index (χ1) is 6.58. The Morgan fingerprint density at radius 1 is 1.43 bits per heavy atom. The molecule has 0 aliphatic carbocycles. The van der Waals surface area contributed by atoms with Crippen molar-refractivity contribution >= 4 is 6.03 Å². The van der Waals surface area contributed by atoms with Gasteiger partial charge in [0.1, 0.15) is 0 Å². The minimum absolute atomic E-state index is 0.0956. The molecule has 3 N–H and O–H groups in total. The second kappa shape index (κ2) is 6.65. The number of rotatable bonds is 6. The van der Waals surface area contributed by atoms with Gasteiger partial charge >= 0.3 is 6.03 Å². The maximum Gasteiger partial charge on any atom is 0.315 e. The molecule has 2 amide bonds. The topological polar surface area (TPSA) is 61.4 Å². The van der Waals surface area contributed by atoms with Gasteiger partial charge in [-0.05, 0) is 26.2 Å². The van der Waals surface area contributed by atoms with Crippen LogP contribution in [-0.4, -0.2) is 29.8 Å². The van der Waals surface area contributed by atoms with E-state index in [1.165, 1.54) is 0 Å². The van der Waals surface area contributed by atoms with E-state index in [2.05, 4.69) is 10.6 Å². The lowest BCUT2D eigenvalue weighted by molar-refractivity contribution is 0.201. The minimum atomic E-state index is -0.299. The fraction of sp³-hybridized carbons (Fsp3) is 0.900. The Hall–Kier alpha value is -0.770. The zero-order chi connectivity index (χ0) is 11.0. The summed E-state index contributed by atoms with van der Waals surface area (Å²) in [5.41, 5.74) is -0.299. The van der Waals surface area contributed by atoms with E-state index in [0.29, 0.717) is 13.0 Å². The third kappa shape index (κ3) is 5.07. The molecule has 0 aromatic carbocycles. The Morgan fingerprint density at radius 3 is 2.50 bits per heavy atom. The number of carbonyl (C=O) groups is 1. The van der Waals surface area contributed by atoms with Crippen molar-refractivity contribution in [2.75, 3.05) is 13.2 Å². The zero-order valence-electron chi connectivity index (χ0n) is 9.39. The molecular weight excluding hydrogens is 180 g/mol. The number of urea groups is 1. The van der Waals surface area contributed by atoms with Gasteiger partial charge in [0.05, 0.1) is 0 Å². The molecule has 84 valence electrons. The van der Waals surface area contributed by atoms with Gasteiger partial charge in [-0.1, -0.05) is 13.8 Å². The maximum atomic E-state index is 11.3. The predicted molar refractivity (Wildman–Crippen MR) is 57.2 cm³/mol. The third-order valence-corrected chi connectivity index (χ3v) is 2.39. The van der Waals surface area contributed by atoms with E-state index in [9.17, 15) is 4.79 Å². The average molecular weight is 202 g/mol. The zero-order valence-corrected chi connectivity index (χ0v) is 9.39. The molecule has 0 saturated carbocycles. The lowest BCUT2D eigenvalue weighted by atomic mass is 9.95. The highest BCUT2D eigenvalue weighted by atomic mass is 16.3. The summed E-state index contributed by atoms with van der Waals surface area (Å²) >= 11 is 0. The van der Waals surface area contributed by atoms with Gasteiger partial charge in [0, 0.05) is 18.7 Å². The molecule has 0 spiro atoms. The summed E-state index contributed by atoms with van der Waals surface area (Å²) in [4.78, 5) is 11.3. The van der Waals surface area contributed by atoms with Crippen LogP contribution in [0.5, 0.6) is 0 Å². The predicted octanol–water partition coefficient (Wildman–Crippen LogP) is 1.25. The maximum absolute atomic E-state index is 11.3. The van der Waals surface area contributed by atoms with Crippen LogP contribution in [0.4, 0.5) is 4.79 Å². The molecule has 1 unspecified atom stereocenters. The van der Waals surface area contributed by atoms with Gasteiger partial charge in [-0.25, -0.2) is 4.79 Å². The fourth-order valence-electron chi connectivity index (χ4n) is 1.13. The number of carbonyl (C=O) groups excluding carboxylic acids is 1. The Bertz CT molecular complexity index is 174. The standard InChI is InChI=1S/C10H22N2O2/c1-4-7-11-9(14)12-10(3,5-2)6-8-13/h13H,4-8H2,1-3H3,(H2,11,12,14). The molecule has 4 nitrogen and oxygen atoms in total. The summed E-state index contributed by atoms with van der Waals surface area (Å²) in [5, 5.41) is 14.5. The van der Waals surface area contributed by atoms with E-state index in [1.54, 1.807) is 0 Å². The van der Waals surface area contributed by atoms with Gasteiger partial charge < -0.3 is 15.7 Å². The van der Waals surface area contributed by atoms with Gasteiger partial charge in [0.25, 0.3) is 0 Å². The first kappa shape index (κ1) is 13.2. The van der Waals surface area contributed by atoms with Gasteiger partial charge in [0.15, 0.2) is 0 Å². The summed E-state index contributed by atoms with van der Waals surface area (Å²) in [6.45, 7) is 6.72. The Kier molecular flexibility index (Phi) is 6.28. The SMILES string of the molecule is CCCNC(=O)NC(C)(CC)CCO. The Morgan fingerprint density at radius 2 is 2.07 bits per heavy atom. The van der Waals surface area contributed by atoms with Crippen molar-refractivity contribution in [1.29, 1.82) is 0 Å². The molecule has 0 aliphatic rings. The molecule has 0 aromatic heterocycles. The molecule has 0 aromatic rings. The highest BCUT2D eigenvalue weighted by molar-refractivity contribution is 5.74. The van der Waals surface area contributed by atoms with Gasteiger partial charge in [-0.2, -0.15) is 0 Å². The third-order valence-electron chi connectivity index (χ3n) is 2.39. The van der Waals surface area contributed by atoms with Crippen molar-refractivity contribution in [1.82, 2.24) is 10.6 Å². The lowest BCUT2D eigenvalue weighted by Crippen LogP contribution is -2.50. The highest BCUT2D eigenvalue weighted by Crippen LogP contribution is 2.13. The van der Waals surface area contributed by atoms with Crippen LogP contribution < -0.4 is 10.6 Å². The molecular formula is C10H22N2O2. The quantitative estimate of drug-likeness (QED) is 0.607. The summed E-state index contributed by atoms with van der Waals surface area (Å²) in [7, 11) is 0. The van der Waals surface area contributed by atoms with Crippen molar-refractivity contribution in [2.45, 2.75) is 45.6 Å². The summed E-state index contributed by atoms with van der Waals surface area (Å²) in [6.07, 6.45) is 2.33. The number of aliphatic hydroxyl groups is 1. The van der Waals surface area contributed by atoms with Crippen molar-refractivity contribution in [3.8, 4) is 0 Å². The number of hydrogen-bond acceptors (Lipinski definition) is 2. The number of aliphatic hydroxyl groups excluding tert-OH is 1. The lowest BCUT2D eigenvalue weighted by Gasteiger charge is -2.28. The van der Waals surface area contributed by atoms with Crippen LogP contribution in [0, 0.1) is 0 Å². The number of amides is 2. The Balaban J connectivity index is 3.96. The fourth-order valence-corrected chi connectivity index (χ4v) is 1.13. The van der Waals surface area contributed by atoms with Gasteiger partial charge in [0.2, 0.25) is 0 Å². The smallest absolute Gasteiger partial charge is 0.315 e. The highest BCUT2D eigenvalue weighted by Gasteiger charge is 2.22.